The molecule has 0 aliphatic heterocycles. The number of carbonyl (C=O) groups excluding carboxylic acids is 2. The van der Waals surface area contributed by atoms with Gasteiger partial charge in [-0.1, -0.05) is 72.3 Å². The number of amides is 4. The minimum atomic E-state index is -0.748. The number of nitrogens with zero attached hydrogens (tertiary/aromatic N) is 5. The number of hydrogen-bond donors (Lipinski definition) is 5. The van der Waals surface area contributed by atoms with Crippen LogP contribution in [0.3, 0.4) is 0 Å². The number of urea groups is 2. The first-order valence-electron chi connectivity index (χ1n) is 15.4. The summed E-state index contributed by atoms with van der Waals surface area (Å²) >= 11 is 5.53. The highest BCUT2D eigenvalue weighted by molar-refractivity contribution is 6.29. The van der Waals surface area contributed by atoms with Gasteiger partial charge in [-0.2, -0.15) is 9.97 Å². The molecule has 2 aromatic heterocycles. The molecule has 0 aliphatic rings. The molecule has 50 heavy (non-hydrogen) atoms. The summed E-state index contributed by atoms with van der Waals surface area (Å²) in [5.74, 6) is -1.30. The van der Waals surface area contributed by atoms with Gasteiger partial charge < -0.3 is 20.9 Å². The topological polar surface area (TPSA) is 149 Å². The number of fused-ring (bicyclic) bond motifs is 2. The van der Waals surface area contributed by atoms with E-state index in [0.717, 1.165) is 46.9 Å². The van der Waals surface area contributed by atoms with Gasteiger partial charge in [-0.3, -0.25) is 10.6 Å². The first-order chi connectivity index (χ1) is 24.1. The molecular formula is C35H33ClF2N10O2. The maximum Gasteiger partial charge on any atom is 0.326 e. The van der Waals surface area contributed by atoms with Crippen molar-refractivity contribution in [2.24, 2.45) is 0 Å². The summed E-state index contributed by atoms with van der Waals surface area (Å²) in [7, 11) is 3.95. The molecular weight excluding hydrogens is 666 g/mol. The molecule has 0 saturated carbocycles. The number of rotatable bonds is 9. The molecule has 0 fully saturated rings. The lowest BCUT2D eigenvalue weighted by Gasteiger charge is -2.11. The van der Waals surface area contributed by atoms with Crippen LogP contribution in [0.4, 0.5) is 47.5 Å². The zero-order valence-corrected chi connectivity index (χ0v) is 27.8. The molecule has 0 atom stereocenters. The molecule has 6 aromatic rings. The van der Waals surface area contributed by atoms with E-state index in [9.17, 15) is 18.4 Å². The number of halogens is 3. The molecule has 4 aromatic carbocycles. The fourth-order valence-electron chi connectivity index (χ4n) is 4.62. The van der Waals surface area contributed by atoms with E-state index in [0.29, 0.717) is 17.9 Å². The van der Waals surface area contributed by atoms with Crippen LogP contribution in [0.5, 0.6) is 0 Å². The third-order valence-corrected chi connectivity index (χ3v) is 7.25. The Hall–Kier alpha value is -5.99. The average molecular weight is 699 g/mol. The van der Waals surface area contributed by atoms with E-state index < -0.39 is 23.7 Å². The van der Waals surface area contributed by atoms with Gasteiger partial charge in [0.1, 0.15) is 0 Å². The normalized spacial score (nSPS) is 10.7. The smallest absolute Gasteiger partial charge is 0.326 e. The van der Waals surface area contributed by atoms with Crippen molar-refractivity contribution in [3.05, 3.63) is 114 Å². The minimum absolute atomic E-state index is 0.0230. The average Bonchev–Trinajstić information content (AvgIpc) is 3.09. The van der Waals surface area contributed by atoms with Crippen molar-refractivity contribution in [1.29, 1.82) is 0 Å². The molecule has 0 unspecified atom stereocenters. The van der Waals surface area contributed by atoms with Crippen molar-refractivity contribution in [2.75, 3.05) is 53.8 Å². The van der Waals surface area contributed by atoms with Gasteiger partial charge in [0.05, 0.1) is 12.4 Å². The second-order valence-corrected chi connectivity index (χ2v) is 11.4. The van der Waals surface area contributed by atoms with E-state index in [1.165, 1.54) is 0 Å². The van der Waals surface area contributed by atoms with Gasteiger partial charge in [0.25, 0.3) is 0 Å². The summed E-state index contributed by atoms with van der Waals surface area (Å²) < 4.78 is 26.8. The second kappa shape index (κ2) is 16.9. The van der Waals surface area contributed by atoms with E-state index in [2.05, 4.69) is 46.5 Å². The van der Waals surface area contributed by atoms with Gasteiger partial charge in [0.15, 0.2) is 22.6 Å². The molecule has 4 amide bonds. The lowest BCUT2D eigenvalue weighted by Crippen LogP contribution is -2.21. The maximum atomic E-state index is 13.9. The first kappa shape index (κ1) is 35.3. The molecule has 2 heterocycles. The standard InChI is InChI=1S/C20H23FN6O.C15H10ClFN4O/c1-27(2)11-5-10-22-18-17(21)13-23-19(25-18)26-20(28)24-16-9-8-14-6-3-4-7-15(14)12-16;16-13-12(17)8-18-14(20-13)21-15(22)19-11-6-5-9-3-1-2-4-10(9)7-11/h3-4,6-9,12-13H,5,10-11H2,1-2H3,(H3,22,23,24,25,26,28);1-8H,(H2,18,19,20,21,22). The van der Waals surface area contributed by atoms with E-state index in [-0.39, 0.29) is 22.9 Å². The van der Waals surface area contributed by atoms with Crippen LogP contribution < -0.4 is 26.6 Å². The zero-order valence-electron chi connectivity index (χ0n) is 27.0. The van der Waals surface area contributed by atoms with E-state index in [1.807, 2.05) is 97.9 Å². The highest BCUT2D eigenvalue weighted by atomic mass is 35.5. The van der Waals surface area contributed by atoms with Crippen molar-refractivity contribution >= 4 is 74.3 Å². The van der Waals surface area contributed by atoms with Crippen LogP contribution in [0.25, 0.3) is 21.5 Å². The molecule has 0 saturated heterocycles. The van der Waals surface area contributed by atoms with Gasteiger partial charge in [-0.25, -0.2) is 28.3 Å². The van der Waals surface area contributed by atoms with Crippen LogP contribution in [-0.2, 0) is 0 Å². The third kappa shape index (κ3) is 10.3. The Morgan fingerprint density at radius 1 is 0.680 bits per heavy atom. The molecule has 6 rings (SSSR count). The van der Waals surface area contributed by atoms with E-state index in [4.69, 9.17) is 11.6 Å². The molecule has 256 valence electrons. The van der Waals surface area contributed by atoms with Crippen molar-refractivity contribution in [2.45, 2.75) is 6.42 Å². The number of hydrogen-bond acceptors (Lipinski definition) is 8. The molecule has 0 bridgehead atoms. The summed E-state index contributed by atoms with van der Waals surface area (Å²) in [6.07, 6.45) is 2.76. The Bertz CT molecular complexity index is 2120. The zero-order chi connectivity index (χ0) is 35.5. The van der Waals surface area contributed by atoms with Crippen molar-refractivity contribution in [1.82, 2.24) is 24.8 Å². The summed E-state index contributed by atoms with van der Waals surface area (Å²) in [5.41, 5.74) is 1.25. The Labute approximate surface area is 291 Å². The summed E-state index contributed by atoms with van der Waals surface area (Å²) in [6, 6.07) is 25.7. The summed E-state index contributed by atoms with van der Waals surface area (Å²) in [5, 5.41) is 17.0. The van der Waals surface area contributed by atoms with Crippen LogP contribution >= 0.6 is 11.6 Å². The van der Waals surface area contributed by atoms with Crippen LogP contribution in [0, 0.1) is 11.6 Å². The Balaban J connectivity index is 0.000000200. The molecule has 0 radical (unpaired) electrons. The predicted octanol–water partition coefficient (Wildman–Crippen LogP) is 7.84. The number of carbonyl (C=O) groups is 2. The number of benzene rings is 4. The van der Waals surface area contributed by atoms with Crippen molar-refractivity contribution < 1.29 is 18.4 Å². The van der Waals surface area contributed by atoms with E-state index >= 15 is 0 Å². The predicted molar refractivity (Wildman–Crippen MR) is 194 cm³/mol. The molecule has 12 nitrogen and oxygen atoms in total. The van der Waals surface area contributed by atoms with Gasteiger partial charge in [-0.15, -0.1) is 0 Å². The lowest BCUT2D eigenvalue weighted by molar-refractivity contribution is 0.261. The lowest BCUT2D eigenvalue weighted by atomic mass is 10.1. The van der Waals surface area contributed by atoms with Crippen molar-refractivity contribution in [3.8, 4) is 0 Å². The Morgan fingerprint density at radius 2 is 1.18 bits per heavy atom. The maximum absolute atomic E-state index is 13.9. The molecule has 15 heteroatoms. The van der Waals surface area contributed by atoms with Gasteiger partial charge >= 0.3 is 12.1 Å². The summed E-state index contributed by atoms with van der Waals surface area (Å²) in [6.45, 7) is 1.44. The molecule has 5 N–H and O–H groups in total. The number of anilines is 5. The Morgan fingerprint density at radius 3 is 1.70 bits per heavy atom. The monoisotopic (exact) mass is 698 g/mol. The van der Waals surface area contributed by atoms with Crippen LogP contribution in [0.2, 0.25) is 5.15 Å². The summed E-state index contributed by atoms with van der Waals surface area (Å²) in [4.78, 5) is 41.2. The van der Waals surface area contributed by atoms with Crippen LogP contribution in [-0.4, -0.2) is 64.1 Å². The fraction of sp³-hybridized carbons (Fsp3) is 0.143. The highest BCUT2D eigenvalue weighted by Gasteiger charge is 2.11. The van der Waals surface area contributed by atoms with Gasteiger partial charge in [0, 0.05) is 17.9 Å². The Kier molecular flexibility index (Phi) is 11.9. The van der Waals surface area contributed by atoms with Gasteiger partial charge in [0.2, 0.25) is 11.9 Å². The molecule has 0 aliphatic carbocycles. The minimum Gasteiger partial charge on any atom is -0.367 e. The first-order valence-corrected chi connectivity index (χ1v) is 15.7. The quantitative estimate of drug-likeness (QED) is 0.0757. The van der Waals surface area contributed by atoms with Crippen molar-refractivity contribution in [3.63, 3.8) is 0 Å². The second-order valence-electron chi connectivity index (χ2n) is 11.1. The molecule has 0 spiro atoms. The SMILES string of the molecule is CN(C)CCCNc1nc(NC(=O)Nc2ccc3ccccc3c2)ncc1F.O=C(Nc1ccc2ccccc2c1)Nc1ncc(F)c(Cl)n1. The highest BCUT2D eigenvalue weighted by Crippen LogP contribution is 2.21. The third-order valence-electron chi connectivity index (χ3n) is 6.99. The number of aromatic nitrogens is 4. The largest absolute Gasteiger partial charge is 0.367 e. The fourth-order valence-corrected chi connectivity index (χ4v) is 4.75. The van der Waals surface area contributed by atoms with Crippen LogP contribution in [0.15, 0.2) is 97.3 Å². The van der Waals surface area contributed by atoms with E-state index in [1.54, 1.807) is 6.07 Å². The number of nitrogens with one attached hydrogen (secondary N) is 5. The van der Waals surface area contributed by atoms with Gasteiger partial charge in [-0.05, 0) is 72.9 Å². The van der Waals surface area contributed by atoms with Crippen LogP contribution in [0.1, 0.15) is 6.42 Å².